The molecular formula is C21H13N3O2S. The first-order valence-corrected chi connectivity index (χ1v) is 8.93. The van der Waals surface area contributed by atoms with Crippen molar-refractivity contribution in [3.63, 3.8) is 0 Å². The molecule has 0 aliphatic carbocycles. The van der Waals surface area contributed by atoms with E-state index in [4.69, 9.17) is 10.2 Å². The zero-order chi connectivity index (χ0) is 18.8. The van der Waals surface area contributed by atoms with Gasteiger partial charge in [-0.3, -0.25) is 4.79 Å². The third-order valence-electron chi connectivity index (χ3n) is 4.01. The lowest BCUT2D eigenvalue weighted by molar-refractivity contribution is 0.100. The number of nitriles is 1. The number of nitrogens with two attached hydrogens (primary N) is 1. The van der Waals surface area contributed by atoms with Crippen LogP contribution in [-0.2, 0) is 0 Å². The van der Waals surface area contributed by atoms with Gasteiger partial charge in [-0.1, -0.05) is 24.3 Å². The number of furan rings is 1. The summed E-state index contributed by atoms with van der Waals surface area (Å²) in [4.78, 5) is 15.7. The van der Waals surface area contributed by atoms with E-state index in [1.165, 1.54) is 11.3 Å². The van der Waals surface area contributed by atoms with E-state index in [1.807, 2.05) is 30.3 Å². The topological polar surface area (TPSA) is 92.9 Å². The van der Waals surface area contributed by atoms with Crippen LogP contribution in [0.25, 0.3) is 33.2 Å². The first kappa shape index (κ1) is 16.8. The molecule has 2 aromatic carbocycles. The van der Waals surface area contributed by atoms with Gasteiger partial charge in [0.05, 0.1) is 15.8 Å². The Labute approximate surface area is 159 Å². The third-order valence-corrected chi connectivity index (χ3v) is 5.08. The number of carbonyl (C=O) groups is 1. The molecule has 2 heterocycles. The number of amides is 1. The summed E-state index contributed by atoms with van der Waals surface area (Å²) in [6.45, 7) is 0. The SMILES string of the molecule is N#CC(=Cc1ccc(-c2ccc(C(N)=O)cc2)o1)c1nc2ccccc2s1. The van der Waals surface area contributed by atoms with Crippen molar-refractivity contribution in [2.75, 3.05) is 0 Å². The van der Waals surface area contributed by atoms with Gasteiger partial charge in [-0.15, -0.1) is 11.3 Å². The Morgan fingerprint density at radius 1 is 1.11 bits per heavy atom. The summed E-state index contributed by atoms with van der Waals surface area (Å²) >= 11 is 1.47. The molecule has 4 aromatic rings. The Morgan fingerprint density at radius 3 is 2.59 bits per heavy atom. The van der Waals surface area contributed by atoms with Crippen LogP contribution in [0.1, 0.15) is 21.1 Å². The Morgan fingerprint density at radius 2 is 1.89 bits per heavy atom. The van der Waals surface area contributed by atoms with Gasteiger partial charge in [-0.05, 0) is 36.4 Å². The lowest BCUT2D eigenvalue weighted by Gasteiger charge is -1.98. The lowest BCUT2D eigenvalue weighted by atomic mass is 10.1. The van der Waals surface area contributed by atoms with E-state index >= 15 is 0 Å². The number of primary amides is 1. The maximum absolute atomic E-state index is 11.2. The fourth-order valence-electron chi connectivity index (χ4n) is 2.66. The van der Waals surface area contributed by atoms with Gasteiger partial charge in [0.25, 0.3) is 0 Å². The zero-order valence-corrected chi connectivity index (χ0v) is 14.9. The monoisotopic (exact) mass is 371 g/mol. The molecule has 0 radical (unpaired) electrons. The van der Waals surface area contributed by atoms with Gasteiger partial charge in [0.2, 0.25) is 5.91 Å². The Balaban J connectivity index is 1.65. The van der Waals surface area contributed by atoms with Crippen LogP contribution in [-0.4, -0.2) is 10.9 Å². The Hall–Kier alpha value is -3.69. The third kappa shape index (κ3) is 3.36. The average molecular weight is 371 g/mol. The molecule has 130 valence electrons. The van der Waals surface area contributed by atoms with Crippen LogP contribution in [0.4, 0.5) is 0 Å². The molecule has 2 aromatic heterocycles. The van der Waals surface area contributed by atoms with Gasteiger partial charge in [0, 0.05) is 17.2 Å². The van der Waals surface area contributed by atoms with Crippen molar-refractivity contribution >= 4 is 39.1 Å². The van der Waals surface area contributed by atoms with Crippen molar-refractivity contribution in [1.29, 1.82) is 5.26 Å². The molecule has 0 aliphatic heterocycles. The highest BCUT2D eigenvalue weighted by molar-refractivity contribution is 7.19. The number of rotatable bonds is 4. The van der Waals surface area contributed by atoms with E-state index in [-0.39, 0.29) is 0 Å². The molecule has 27 heavy (non-hydrogen) atoms. The van der Waals surface area contributed by atoms with Gasteiger partial charge in [0.15, 0.2) is 0 Å². The number of hydrogen-bond donors (Lipinski definition) is 1. The largest absolute Gasteiger partial charge is 0.457 e. The second-order valence-electron chi connectivity index (χ2n) is 5.80. The molecule has 0 bridgehead atoms. The molecule has 0 atom stereocenters. The number of nitrogens with zero attached hydrogens (tertiary/aromatic N) is 2. The van der Waals surface area contributed by atoms with Gasteiger partial charge >= 0.3 is 0 Å². The van der Waals surface area contributed by atoms with E-state index < -0.39 is 5.91 Å². The summed E-state index contributed by atoms with van der Waals surface area (Å²) in [5.74, 6) is 0.720. The normalized spacial score (nSPS) is 11.4. The predicted molar refractivity (Wildman–Crippen MR) is 106 cm³/mol. The molecule has 0 saturated carbocycles. The molecule has 4 rings (SSSR count). The van der Waals surface area contributed by atoms with Gasteiger partial charge in [-0.25, -0.2) is 4.98 Å². The number of fused-ring (bicyclic) bond motifs is 1. The molecule has 0 aliphatic rings. The van der Waals surface area contributed by atoms with E-state index in [1.54, 1.807) is 36.4 Å². The van der Waals surface area contributed by atoms with Gasteiger partial charge in [0.1, 0.15) is 22.6 Å². The number of thiazole rings is 1. The zero-order valence-electron chi connectivity index (χ0n) is 14.0. The number of para-hydroxylation sites is 1. The number of carbonyl (C=O) groups excluding carboxylic acids is 1. The maximum Gasteiger partial charge on any atom is 0.248 e. The van der Waals surface area contributed by atoms with Gasteiger partial charge < -0.3 is 10.2 Å². The van der Waals surface area contributed by atoms with Crippen LogP contribution in [0.3, 0.4) is 0 Å². The van der Waals surface area contributed by atoms with Crippen LogP contribution >= 0.6 is 11.3 Å². The van der Waals surface area contributed by atoms with Crippen LogP contribution < -0.4 is 5.73 Å². The standard InChI is InChI=1S/C21H13N3O2S/c22-12-15(21-24-17-3-1-2-4-19(17)27-21)11-16-9-10-18(26-16)13-5-7-14(8-6-13)20(23)25/h1-11H,(H2,23,25). The number of aromatic nitrogens is 1. The Bertz CT molecular complexity index is 1180. The quantitative estimate of drug-likeness (QED) is 0.525. The fraction of sp³-hybridized carbons (Fsp3) is 0. The highest BCUT2D eigenvalue weighted by Crippen LogP contribution is 2.29. The van der Waals surface area contributed by atoms with E-state index in [0.717, 1.165) is 15.8 Å². The summed E-state index contributed by atoms with van der Waals surface area (Å²) in [5.41, 5.74) is 7.82. The lowest BCUT2D eigenvalue weighted by Crippen LogP contribution is -2.10. The van der Waals surface area contributed by atoms with Crippen molar-refractivity contribution in [1.82, 2.24) is 4.98 Å². The minimum absolute atomic E-state index is 0.438. The second kappa shape index (κ2) is 6.90. The summed E-state index contributed by atoms with van der Waals surface area (Å²) in [6.07, 6.45) is 1.68. The molecule has 0 saturated heterocycles. The molecule has 0 spiro atoms. The summed E-state index contributed by atoms with van der Waals surface area (Å²) in [6, 6.07) is 20.4. The highest BCUT2D eigenvalue weighted by atomic mass is 32.1. The highest BCUT2D eigenvalue weighted by Gasteiger charge is 2.11. The predicted octanol–water partition coefficient (Wildman–Crippen LogP) is 4.72. The minimum atomic E-state index is -0.473. The molecule has 5 nitrogen and oxygen atoms in total. The number of benzene rings is 2. The maximum atomic E-state index is 11.2. The minimum Gasteiger partial charge on any atom is -0.457 e. The summed E-state index contributed by atoms with van der Waals surface area (Å²) in [7, 11) is 0. The van der Waals surface area contributed by atoms with Crippen LogP contribution in [0.15, 0.2) is 65.1 Å². The molecule has 0 fully saturated rings. The summed E-state index contributed by atoms with van der Waals surface area (Å²) in [5, 5.41) is 10.2. The molecule has 1 amide bonds. The molecule has 6 heteroatoms. The summed E-state index contributed by atoms with van der Waals surface area (Å²) < 4.78 is 6.86. The van der Waals surface area contributed by atoms with Crippen molar-refractivity contribution in [3.05, 3.63) is 77.0 Å². The number of hydrogen-bond acceptors (Lipinski definition) is 5. The van der Waals surface area contributed by atoms with E-state index in [9.17, 15) is 10.1 Å². The van der Waals surface area contributed by atoms with Gasteiger partial charge in [-0.2, -0.15) is 5.26 Å². The number of allylic oxidation sites excluding steroid dienone is 1. The van der Waals surface area contributed by atoms with Crippen molar-refractivity contribution in [2.45, 2.75) is 0 Å². The second-order valence-corrected chi connectivity index (χ2v) is 6.83. The molecule has 0 unspecified atom stereocenters. The fourth-order valence-corrected chi connectivity index (χ4v) is 3.59. The van der Waals surface area contributed by atoms with E-state index in [2.05, 4.69) is 11.1 Å². The van der Waals surface area contributed by atoms with Crippen LogP contribution in [0.5, 0.6) is 0 Å². The first-order chi connectivity index (χ1) is 13.1. The van der Waals surface area contributed by atoms with Crippen molar-refractivity contribution < 1.29 is 9.21 Å². The van der Waals surface area contributed by atoms with Crippen molar-refractivity contribution in [3.8, 4) is 17.4 Å². The van der Waals surface area contributed by atoms with Crippen molar-refractivity contribution in [2.24, 2.45) is 5.73 Å². The van der Waals surface area contributed by atoms with Crippen LogP contribution in [0.2, 0.25) is 0 Å². The Kier molecular flexibility index (Phi) is 4.29. The molecule has 2 N–H and O–H groups in total. The average Bonchev–Trinajstić information content (AvgIpc) is 3.33. The van der Waals surface area contributed by atoms with E-state index in [0.29, 0.717) is 27.7 Å². The van der Waals surface area contributed by atoms with Crippen LogP contribution in [0, 0.1) is 11.3 Å². The molecular weight excluding hydrogens is 358 g/mol. The first-order valence-electron chi connectivity index (χ1n) is 8.12. The smallest absolute Gasteiger partial charge is 0.248 e.